The van der Waals surface area contributed by atoms with E-state index in [1.807, 2.05) is 17.6 Å². The summed E-state index contributed by atoms with van der Waals surface area (Å²) in [5, 5.41) is 0. The van der Waals surface area contributed by atoms with Crippen LogP contribution in [-0.2, 0) is 6.54 Å². The smallest absolute Gasteiger partial charge is 0.202 e. The molecule has 0 saturated carbocycles. The van der Waals surface area contributed by atoms with Crippen LogP contribution in [0.5, 0.6) is 0 Å². The molecule has 0 spiro atoms. The highest BCUT2D eigenvalue weighted by molar-refractivity contribution is 5.77. The molecule has 0 bridgehead atoms. The Hall–Kier alpha value is -1.58. The maximum atomic E-state index is 5.88. The maximum Gasteiger partial charge on any atom is 0.202 e. The van der Waals surface area contributed by atoms with E-state index >= 15 is 0 Å². The number of anilines is 1. The van der Waals surface area contributed by atoms with E-state index in [1.54, 1.807) is 6.20 Å². The number of aromatic nitrogens is 3. The molecule has 4 nitrogen and oxygen atoms in total. The van der Waals surface area contributed by atoms with Crippen molar-refractivity contribution in [2.75, 3.05) is 5.73 Å². The number of aryl methyl sites for hydroxylation is 1. The zero-order chi connectivity index (χ0) is 11.0. The van der Waals surface area contributed by atoms with Crippen LogP contribution < -0.4 is 5.73 Å². The van der Waals surface area contributed by atoms with Gasteiger partial charge in [-0.25, -0.2) is 9.97 Å². The van der Waals surface area contributed by atoms with Crippen LogP contribution in [0.3, 0.4) is 0 Å². The van der Waals surface area contributed by atoms with Crippen molar-refractivity contribution in [3.05, 3.63) is 17.8 Å². The third kappa shape index (κ3) is 1.67. The Labute approximate surface area is 89.1 Å². The van der Waals surface area contributed by atoms with Gasteiger partial charge in [0.25, 0.3) is 0 Å². The molecule has 0 amide bonds. The van der Waals surface area contributed by atoms with Crippen LogP contribution in [0.25, 0.3) is 11.2 Å². The summed E-state index contributed by atoms with van der Waals surface area (Å²) < 4.78 is 1.98. The van der Waals surface area contributed by atoms with Crippen molar-refractivity contribution in [3.63, 3.8) is 0 Å². The third-order valence-electron chi connectivity index (χ3n) is 2.41. The Kier molecular flexibility index (Phi) is 2.34. The highest BCUT2D eigenvalue weighted by atomic mass is 15.2. The molecule has 15 heavy (non-hydrogen) atoms. The molecule has 0 aromatic carbocycles. The van der Waals surface area contributed by atoms with Gasteiger partial charge in [-0.2, -0.15) is 0 Å². The Morgan fingerprint density at radius 3 is 2.87 bits per heavy atom. The van der Waals surface area contributed by atoms with Crippen LogP contribution in [0, 0.1) is 12.8 Å². The predicted octanol–water partition coefficient (Wildman–Crippen LogP) is 1.98. The summed E-state index contributed by atoms with van der Waals surface area (Å²) in [6.07, 6.45) is 1.80. The van der Waals surface area contributed by atoms with Crippen molar-refractivity contribution in [1.29, 1.82) is 0 Å². The van der Waals surface area contributed by atoms with E-state index in [2.05, 4.69) is 23.8 Å². The number of hydrogen-bond donors (Lipinski definition) is 1. The van der Waals surface area contributed by atoms with Gasteiger partial charge >= 0.3 is 0 Å². The summed E-state index contributed by atoms with van der Waals surface area (Å²) >= 11 is 0. The van der Waals surface area contributed by atoms with E-state index < -0.39 is 0 Å². The molecule has 2 heterocycles. The van der Waals surface area contributed by atoms with E-state index in [4.69, 9.17) is 5.73 Å². The number of imidazole rings is 1. The molecule has 0 aliphatic rings. The van der Waals surface area contributed by atoms with E-state index in [0.717, 1.165) is 23.3 Å². The van der Waals surface area contributed by atoms with Crippen LogP contribution in [0.1, 0.15) is 19.4 Å². The number of hydrogen-bond acceptors (Lipinski definition) is 3. The molecule has 0 saturated heterocycles. The first kappa shape index (κ1) is 9.96. The minimum atomic E-state index is 0.534. The highest BCUT2D eigenvalue weighted by Crippen LogP contribution is 2.19. The van der Waals surface area contributed by atoms with Crippen molar-refractivity contribution >= 4 is 17.1 Å². The Bertz CT molecular complexity index is 485. The molecule has 0 aliphatic heterocycles. The Morgan fingerprint density at radius 2 is 2.20 bits per heavy atom. The van der Waals surface area contributed by atoms with E-state index in [0.29, 0.717) is 11.9 Å². The molecule has 0 radical (unpaired) electrons. The predicted molar refractivity (Wildman–Crippen MR) is 61.5 cm³/mol. The van der Waals surface area contributed by atoms with Gasteiger partial charge in [0.15, 0.2) is 5.65 Å². The third-order valence-corrected chi connectivity index (χ3v) is 2.41. The monoisotopic (exact) mass is 204 g/mol. The molecule has 0 fully saturated rings. The number of nitrogens with zero attached hydrogens (tertiary/aromatic N) is 3. The van der Waals surface area contributed by atoms with Crippen molar-refractivity contribution in [2.24, 2.45) is 5.92 Å². The van der Waals surface area contributed by atoms with Gasteiger partial charge in [-0.05, 0) is 24.5 Å². The van der Waals surface area contributed by atoms with Crippen molar-refractivity contribution in [3.8, 4) is 0 Å². The number of fused-ring (bicyclic) bond motifs is 1. The first-order chi connectivity index (χ1) is 7.09. The lowest BCUT2D eigenvalue weighted by Gasteiger charge is -2.08. The fourth-order valence-electron chi connectivity index (χ4n) is 1.70. The average Bonchev–Trinajstić information content (AvgIpc) is 2.45. The Morgan fingerprint density at radius 1 is 1.47 bits per heavy atom. The van der Waals surface area contributed by atoms with Gasteiger partial charge in [-0.1, -0.05) is 13.8 Å². The molecule has 2 rings (SSSR count). The molecule has 0 aliphatic carbocycles. The van der Waals surface area contributed by atoms with Gasteiger partial charge in [0, 0.05) is 12.7 Å². The second-order valence-electron chi connectivity index (χ2n) is 4.27. The molecule has 2 aromatic rings. The summed E-state index contributed by atoms with van der Waals surface area (Å²) in [5.74, 6) is 1.09. The zero-order valence-electron chi connectivity index (χ0n) is 9.36. The Balaban J connectivity index is 2.63. The van der Waals surface area contributed by atoms with Crippen molar-refractivity contribution < 1.29 is 0 Å². The van der Waals surface area contributed by atoms with Gasteiger partial charge in [-0.15, -0.1) is 0 Å². The standard InChI is InChI=1S/C11H16N4/c1-7(2)6-15-10-9(14-11(15)12)8(3)4-5-13-10/h4-5,7H,6H2,1-3H3,(H2,12,14). The van der Waals surface area contributed by atoms with Crippen molar-refractivity contribution in [1.82, 2.24) is 14.5 Å². The van der Waals surface area contributed by atoms with Crippen LogP contribution in [-0.4, -0.2) is 14.5 Å². The van der Waals surface area contributed by atoms with Crippen molar-refractivity contribution in [2.45, 2.75) is 27.3 Å². The van der Waals surface area contributed by atoms with E-state index in [9.17, 15) is 0 Å². The van der Waals surface area contributed by atoms with E-state index in [-0.39, 0.29) is 0 Å². The fourth-order valence-corrected chi connectivity index (χ4v) is 1.70. The van der Waals surface area contributed by atoms with Crippen LogP contribution in [0.15, 0.2) is 12.3 Å². The van der Waals surface area contributed by atoms with Crippen LogP contribution in [0.4, 0.5) is 5.95 Å². The molecular formula is C11H16N4. The second kappa shape index (κ2) is 3.53. The van der Waals surface area contributed by atoms with Gasteiger partial charge in [0.05, 0.1) is 0 Å². The first-order valence-corrected chi connectivity index (χ1v) is 5.17. The summed E-state index contributed by atoms with van der Waals surface area (Å²) in [5.41, 5.74) is 8.80. The lowest BCUT2D eigenvalue weighted by Crippen LogP contribution is -2.08. The lowest BCUT2D eigenvalue weighted by molar-refractivity contribution is 0.535. The minimum Gasteiger partial charge on any atom is -0.369 e. The normalized spacial score (nSPS) is 11.5. The highest BCUT2D eigenvalue weighted by Gasteiger charge is 2.11. The summed E-state index contributed by atoms with van der Waals surface area (Å²) in [6, 6.07) is 1.95. The van der Waals surface area contributed by atoms with Gasteiger partial charge in [0.2, 0.25) is 5.95 Å². The zero-order valence-corrected chi connectivity index (χ0v) is 9.36. The summed E-state index contributed by atoms with van der Waals surface area (Å²) in [6.45, 7) is 7.19. The SMILES string of the molecule is Cc1ccnc2c1nc(N)n2CC(C)C. The number of nitrogen functional groups attached to an aromatic ring is 1. The minimum absolute atomic E-state index is 0.534. The molecule has 0 atom stereocenters. The summed E-state index contributed by atoms with van der Waals surface area (Å²) in [7, 11) is 0. The maximum absolute atomic E-state index is 5.88. The molecule has 2 aromatic heterocycles. The van der Waals surface area contributed by atoms with Crippen LogP contribution in [0.2, 0.25) is 0 Å². The molecule has 0 unspecified atom stereocenters. The van der Waals surface area contributed by atoms with Gasteiger partial charge in [-0.3, -0.25) is 4.57 Å². The lowest BCUT2D eigenvalue weighted by atomic mass is 10.2. The topological polar surface area (TPSA) is 56.7 Å². The first-order valence-electron chi connectivity index (χ1n) is 5.17. The quantitative estimate of drug-likeness (QED) is 0.813. The number of rotatable bonds is 2. The van der Waals surface area contributed by atoms with Gasteiger partial charge in [0.1, 0.15) is 5.52 Å². The number of nitrogens with two attached hydrogens (primary N) is 1. The summed E-state index contributed by atoms with van der Waals surface area (Å²) in [4.78, 5) is 8.68. The van der Waals surface area contributed by atoms with E-state index in [1.165, 1.54) is 0 Å². The van der Waals surface area contributed by atoms with Crippen LogP contribution >= 0.6 is 0 Å². The van der Waals surface area contributed by atoms with Gasteiger partial charge < -0.3 is 5.73 Å². The fraction of sp³-hybridized carbons (Fsp3) is 0.455. The number of pyridine rings is 1. The molecular weight excluding hydrogens is 188 g/mol. The molecule has 4 heteroatoms. The average molecular weight is 204 g/mol. The molecule has 2 N–H and O–H groups in total. The molecule has 80 valence electrons. The largest absolute Gasteiger partial charge is 0.369 e. The second-order valence-corrected chi connectivity index (χ2v) is 4.27.